The van der Waals surface area contributed by atoms with E-state index >= 15 is 0 Å². The Morgan fingerprint density at radius 3 is 2.72 bits per heavy atom. The maximum absolute atomic E-state index is 12.4. The summed E-state index contributed by atoms with van der Waals surface area (Å²) in [6.45, 7) is 3.59. The first-order chi connectivity index (χ1) is 15.6. The Hall–Kier alpha value is -3.45. The molecule has 1 fully saturated rings. The minimum atomic E-state index is -0.0466. The molecule has 4 N–H and O–H groups in total. The minimum absolute atomic E-state index is 0.0466. The van der Waals surface area contributed by atoms with Gasteiger partial charge in [0, 0.05) is 28.7 Å². The molecule has 2 aromatic carbocycles. The number of nitrogens with two attached hydrogens (primary N) is 1. The summed E-state index contributed by atoms with van der Waals surface area (Å²) in [5.74, 6) is 0.447. The fourth-order valence-corrected chi connectivity index (χ4v) is 4.46. The van der Waals surface area contributed by atoms with Gasteiger partial charge in [-0.2, -0.15) is 0 Å². The third-order valence-electron chi connectivity index (χ3n) is 6.13. The highest BCUT2D eigenvalue weighted by Gasteiger charge is 2.21. The van der Waals surface area contributed by atoms with Gasteiger partial charge >= 0.3 is 0 Å². The van der Waals surface area contributed by atoms with Crippen LogP contribution in [-0.4, -0.2) is 40.4 Å². The Labute approximate surface area is 188 Å². The Bertz CT molecular complexity index is 1120. The summed E-state index contributed by atoms with van der Waals surface area (Å²) in [6.07, 6.45) is 6.79. The van der Waals surface area contributed by atoms with Crippen molar-refractivity contribution in [3.63, 3.8) is 0 Å². The number of hydrogen-bond donors (Lipinski definition) is 3. The number of carbonyl (C=O) groups excluding carboxylic acids is 1. The second-order valence-electron chi connectivity index (χ2n) is 8.57. The zero-order valence-electron chi connectivity index (χ0n) is 18.1. The lowest BCUT2D eigenvalue weighted by molar-refractivity contribution is -0.115. The molecule has 2 aliphatic rings. The highest BCUT2D eigenvalue weighted by molar-refractivity contribution is 6.00. The van der Waals surface area contributed by atoms with Crippen LogP contribution in [0, 0.1) is 0 Å². The number of amides is 1. The molecule has 7 heteroatoms. The van der Waals surface area contributed by atoms with Crippen LogP contribution in [-0.2, 0) is 17.6 Å². The van der Waals surface area contributed by atoms with Crippen molar-refractivity contribution in [1.29, 1.82) is 0 Å². The molecule has 0 unspecified atom stereocenters. The van der Waals surface area contributed by atoms with Gasteiger partial charge in [-0.15, -0.1) is 0 Å². The van der Waals surface area contributed by atoms with E-state index in [-0.39, 0.29) is 12.3 Å². The predicted octanol–water partition coefficient (Wildman–Crippen LogP) is 3.99. The number of nitrogens with zero attached hydrogens (tertiary/aromatic N) is 3. The van der Waals surface area contributed by atoms with E-state index in [1.54, 1.807) is 6.20 Å². The van der Waals surface area contributed by atoms with Crippen molar-refractivity contribution in [2.75, 3.05) is 36.0 Å². The van der Waals surface area contributed by atoms with Gasteiger partial charge in [0.15, 0.2) is 0 Å². The molecular formula is C25H28N6O. The highest BCUT2D eigenvalue weighted by atomic mass is 16.1. The summed E-state index contributed by atoms with van der Waals surface area (Å²) >= 11 is 0. The summed E-state index contributed by atoms with van der Waals surface area (Å²) in [5.41, 5.74) is 12.0. The number of nitrogens with one attached hydrogen (secondary N) is 2. The van der Waals surface area contributed by atoms with Gasteiger partial charge in [-0.1, -0.05) is 6.07 Å². The minimum Gasteiger partial charge on any atom is -0.399 e. The largest absolute Gasteiger partial charge is 0.399 e. The van der Waals surface area contributed by atoms with Gasteiger partial charge < -0.3 is 21.3 Å². The van der Waals surface area contributed by atoms with E-state index in [2.05, 4.69) is 32.7 Å². The van der Waals surface area contributed by atoms with Crippen LogP contribution in [0.4, 0.5) is 23.0 Å². The fraction of sp³-hybridized carbons (Fsp3) is 0.320. The fourth-order valence-electron chi connectivity index (χ4n) is 4.46. The maximum atomic E-state index is 12.4. The normalized spacial score (nSPS) is 15.6. The quantitative estimate of drug-likeness (QED) is 0.514. The Morgan fingerprint density at radius 2 is 1.91 bits per heavy atom. The zero-order valence-corrected chi connectivity index (χ0v) is 18.1. The molecule has 7 nitrogen and oxygen atoms in total. The van der Waals surface area contributed by atoms with Gasteiger partial charge in [0.2, 0.25) is 11.9 Å². The van der Waals surface area contributed by atoms with Gasteiger partial charge in [-0.3, -0.25) is 4.79 Å². The van der Waals surface area contributed by atoms with Crippen molar-refractivity contribution in [3.8, 4) is 11.3 Å². The standard InChI is InChI=1S/C25H28N6O/c26-19-6-8-20(9-7-19)28-25-27-16-18-15-23(32)29-22-10-5-17(14-21(22)24(18)30-25)4-3-13-31-11-1-2-12-31/h5-10,14,16H,1-4,11-13,15,26H2,(H,29,32)(H,27,28,30). The van der Waals surface area contributed by atoms with Gasteiger partial charge in [-0.05, 0) is 87.3 Å². The molecule has 0 saturated carbocycles. The molecule has 1 aromatic heterocycles. The van der Waals surface area contributed by atoms with Crippen molar-refractivity contribution >= 4 is 28.9 Å². The molecule has 1 saturated heterocycles. The lowest BCUT2D eigenvalue weighted by atomic mass is 10.00. The monoisotopic (exact) mass is 428 g/mol. The molecule has 0 atom stereocenters. The van der Waals surface area contributed by atoms with Crippen molar-refractivity contribution in [1.82, 2.24) is 14.9 Å². The van der Waals surface area contributed by atoms with Crippen LogP contribution in [0.2, 0.25) is 0 Å². The number of rotatable bonds is 6. The number of benzene rings is 2. The lowest BCUT2D eigenvalue weighted by Gasteiger charge is -2.15. The number of anilines is 4. The molecule has 0 aliphatic carbocycles. The van der Waals surface area contributed by atoms with Gasteiger partial charge in [0.05, 0.1) is 17.8 Å². The average Bonchev–Trinajstić information content (AvgIpc) is 3.26. The molecule has 2 aliphatic heterocycles. The Morgan fingerprint density at radius 1 is 1.09 bits per heavy atom. The molecule has 32 heavy (non-hydrogen) atoms. The smallest absolute Gasteiger partial charge is 0.228 e. The number of aryl methyl sites for hydroxylation is 1. The van der Waals surface area contributed by atoms with Gasteiger partial charge in [0.1, 0.15) is 0 Å². The number of hydrogen-bond acceptors (Lipinski definition) is 6. The Kier molecular flexibility index (Phi) is 5.73. The third kappa shape index (κ3) is 4.57. The SMILES string of the molecule is Nc1ccc(Nc2ncc3c(n2)-c2cc(CCCN4CCCC4)ccc2NC(=O)C3)cc1. The molecule has 164 valence electrons. The van der Waals surface area contributed by atoms with Gasteiger partial charge in [0.25, 0.3) is 0 Å². The summed E-state index contributed by atoms with van der Waals surface area (Å²) in [6, 6.07) is 13.7. The molecule has 0 radical (unpaired) electrons. The van der Waals surface area contributed by atoms with Crippen LogP contribution >= 0.6 is 0 Å². The van der Waals surface area contributed by atoms with Crippen LogP contribution < -0.4 is 16.4 Å². The van der Waals surface area contributed by atoms with Gasteiger partial charge in [-0.25, -0.2) is 9.97 Å². The molecule has 1 amide bonds. The van der Waals surface area contributed by atoms with Crippen molar-refractivity contribution in [3.05, 3.63) is 59.8 Å². The van der Waals surface area contributed by atoms with Crippen LogP contribution in [0.1, 0.15) is 30.4 Å². The molecule has 3 aromatic rings. The number of aromatic nitrogens is 2. The third-order valence-corrected chi connectivity index (χ3v) is 6.13. The molecule has 0 spiro atoms. The summed E-state index contributed by atoms with van der Waals surface area (Å²) in [7, 11) is 0. The molecular weight excluding hydrogens is 400 g/mol. The lowest BCUT2D eigenvalue weighted by Crippen LogP contribution is -2.20. The topological polar surface area (TPSA) is 96.2 Å². The average molecular weight is 429 g/mol. The summed E-state index contributed by atoms with van der Waals surface area (Å²) < 4.78 is 0. The van der Waals surface area contributed by atoms with Crippen LogP contribution in [0.15, 0.2) is 48.7 Å². The molecule has 3 heterocycles. The van der Waals surface area contributed by atoms with Crippen LogP contribution in [0.5, 0.6) is 0 Å². The van der Waals surface area contributed by atoms with E-state index in [1.807, 2.05) is 30.3 Å². The summed E-state index contributed by atoms with van der Waals surface area (Å²) in [4.78, 5) is 24.2. The van der Waals surface area contributed by atoms with E-state index in [0.717, 1.165) is 47.6 Å². The maximum Gasteiger partial charge on any atom is 0.228 e. The zero-order chi connectivity index (χ0) is 21.9. The van der Waals surface area contributed by atoms with Crippen molar-refractivity contribution in [2.45, 2.75) is 32.1 Å². The molecule has 0 bridgehead atoms. The van der Waals surface area contributed by atoms with Crippen molar-refractivity contribution in [2.24, 2.45) is 0 Å². The number of nitrogen functional groups attached to an aromatic ring is 1. The van der Waals surface area contributed by atoms with E-state index < -0.39 is 0 Å². The first-order valence-corrected chi connectivity index (χ1v) is 11.3. The second kappa shape index (κ2) is 8.96. The Balaban J connectivity index is 1.41. The summed E-state index contributed by atoms with van der Waals surface area (Å²) in [5, 5.41) is 6.26. The first-order valence-electron chi connectivity index (χ1n) is 11.3. The van der Waals surface area contributed by atoms with Crippen LogP contribution in [0.3, 0.4) is 0 Å². The predicted molar refractivity (Wildman–Crippen MR) is 128 cm³/mol. The van der Waals surface area contributed by atoms with E-state index in [1.165, 1.54) is 31.5 Å². The van der Waals surface area contributed by atoms with E-state index in [4.69, 9.17) is 10.7 Å². The van der Waals surface area contributed by atoms with Crippen LogP contribution in [0.25, 0.3) is 11.3 Å². The highest BCUT2D eigenvalue weighted by Crippen LogP contribution is 2.34. The molecule has 5 rings (SSSR count). The number of fused-ring (bicyclic) bond motifs is 3. The number of likely N-dealkylation sites (tertiary alicyclic amines) is 1. The van der Waals surface area contributed by atoms with E-state index in [9.17, 15) is 4.79 Å². The second-order valence-corrected chi connectivity index (χ2v) is 8.57. The van der Waals surface area contributed by atoms with E-state index in [0.29, 0.717) is 11.6 Å². The number of carbonyl (C=O) groups is 1. The first kappa shape index (κ1) is 20.5. The van der Waals surface area contributed by atoms with Crippen molar-refractivity contribution < 1.29 is 4.79 Å².